The van der Waals surface area contributed by atoms with Crippen molar-refractivity contribution in [3.05, 3.63) is 24.3 Å². The molecule has 0 amide bonds. The number of guanidine groups is 1. The van der Waals surface area contributed by atoms with E-state index in [0.29, 0.717) is 5.92 Å². The van der Waals surface area contributed by atoms with E-state index in [0.717, 1.165) is 51.0 Å². The Kier molecular flexibility index (Phi) is 6.56. The molecule has 0 saturated carbocycles. The van der Waals surface area contributed by atoms with Crippen molar-refractivity contribution in [2.45, 2.75) is 20.8 Å². The van der Waals surface area contributed by atoms with E-state index in [1.807, 2.05) is 6.07 Å². The summed E-state index contributed by atoms with van der Waals surface area (Å²) in [6.45, 7) is 12.3. The first-order valence-corrected chi connectivity index (χ1v) is 8.56. The van der Waals surface area contributed by atoms with Gasteiger partial charge in [0.05, 0.1) is 7.11 Å². The molecule has 5 nitrogen and oxygen atoms in total. The largest absolute Gasteiger partial charge is 0.497 e. The van der Waals surface area contributed by atoms with Crippen LogP contribution < -0.4 is 15.0 Å². The quantitative estimate of drug-likeness (QED) is 0.669. The van der Waals surface area contributed by atoms with E-state index in [4.69, 9.17) is 9.73 Å². The van der Waals surface area contributed by atoms with Crippen LogP contribution in [0.2, 0.25) is 0 Å². The van der Waals surface area contributed by atoms with Crippen molar-refractivity contribution in [2.24, 2.45) is 10.9 Å². The zero-order valence-corrected chi connectivity index (χ0v) is 14.9. The zero-order valence-electron chi connectivity index (χ0n) is 14.9. The average molecular weight is 318 g/mol. The topological polar surface area (TPSA) is 40.1 Å². The molecule has 1 aromatic carbocycles. The first-order chi connectivity index (χ1) is 11.1. The van der Waals surface area contributed by atoms with Crippen molar-refractivity contribution in [3.8, 4) is 5.75 Å². The molecule has 1 heterocycles. The number of rotatable bonds is 5. The fraction of sp³-hybridized carbons (Fsp3) is 0.611. The number of hydrogen-bond donors (Lipinski definition) is 1. The number of methoxy groups -OCH3 is 1. The van der Waals surface area contributed by atoms with Gasteiger partial charge in [0.1, 0.15) is 5.75 Å². The van der Waals surface area contributed by atoms with Gasteiger partial charge in [0.2, 0.25) is 0 Å². The molecule has 0 bridgehead atoms. The summed E-state index contributed by atoms with van der Waals surface area (Å²) in [6, 6.07) is 8.29. The van der Waals surface area contributed by atoms with E-state index in [1.165, 1.54) is 5.69 Å². The normalized spacial score (nSPS) is 16.0. The summed E-state index contributed by atoms with van der Waals surface area (Å²) in [4.78, 5) is 9.53. The van der Waals surface area contributed by atoms with Gasteiger partial charge in [-0.25, -0.2) is 0 Å². The third kappa shape index (κ3) is 5.05. The maximum atomic E-state index is 5.33. The first kappa shape index (κ1) is 17.4. The summed E-state index contributed by atoms with van der Waals surface area (Å²) < 4.78 is 5.33. The lowest BCUT2D eigenvalue weighted by molar-refractivity contribution is 0.371. The van der Waals surface area contributed by atoms with Crippen LogP contribution in [-0.2, 0) is 0 Å². The maximum Gasteiger partial charge on any atom is 0.194 e. The number of hydrogen-bond acceptors (Lipinski definition) is 3. The summed E-state index contributed by atoms with van der Waals surface area (Å²) in [5.74, 6) is 2.55. The predicted octanol–water partition coefficient (Wildman–Crippen LogP) is 2.44. The van der Waals surface area contributed by atoms with E-state index in [-0.39, 0.29) is 0 Å². The Morgan fingerprint density at radius 1 is 1.26 bits per heavy atom. The molecule has 0 unspecified atom stereocenters. The van der Waals surface area contributed by atoms with Gasteiger partial charge in [-0.15, -0.1) is 0 Å². The monoisotopic (exact) mass is 318 g/mol. The summed E-state index contributed by atoms with van der Waals surface area (Å²) in [5, 5.41) is 3.42. The van der Waals surface area contributed by atoms with Gasteiger partial charge in [-0.1, -0.05) is 19.9 Å². The summed E-state index contributed by atoms with van der Waals surface area (Å²) >= 11 is 0. The first-order valence-electron chi connectivity index (χ1n) is 8.56. The third-order valence-electron chi connectivity index (χ3n) is 3.94. The minimum absolute atomic E-state index is 0.585. The Bertz CT molecular complexity index is 507. The Labute approximate surface area is 140 Å². The van der Waals surface area contributed by atoms with E-state index in [1.54, 1.807) is 7.11 Å². The van der Waals surface area contributed by atoms with Crippen LogP contribution in [0.1, 0.15) is 20.8 Å². The van der Waals surface area contributed by atoms with Crippen LogP contribution in [0.25, 0.3) is 0 Å². The lowest BCUT2D eigenvalue weighted by atomic mass is 10.2. The molecule has 128 valence electrons. The van der Waals surface area contributed by atoms with Crippen molar-refractivity contribution < 1.29 is 4.74 Å². The average Bonchev–Trinajstić information content (AvgIpc) is 2.58. The second-order valence-electron chi connectivity index (χ2n) is 6.26. The maximum absolute atomic E-state index is 5.33. The van der Waals surface area contributed by atoms with E-state index >= 15 is 0 Å². The molecule has 1 aliphatic heterocycles. The Hall–Kier alpha value is -1.91. The van der Waals surface area contributed by atoms with Gasteiger partial charge in [0.25, 0.3) is 0 Å². The highest BCUT2D eigenvalue weighted by atomic mass is 16.5. The van der Waals surface area contributed by atoms with Gasteiger partial charge >= 0.3 is 0 Å². The molecule has 23 heavy (non-hydrogen) atoms. The number of piperazine rings is 1. The highest BCUT2D eigenvalue weighted by molar-refractivity contribution is 5.80. The van der Waals surface area contributed by atoms with Crippen LogP contribution in [0.15, 0.2) is 29.3 Å². The molecule has 2 rings (SSSR count). The van der Waals surface area contributed by atoms with Gasteiger partial charge in [-0.3, -0.25) is 4.99 Å². The van der Waals surface area contributed by atoms with Crippen LogP contribution in [0.5, 0.6) is 5.75 Å². The third-order valence-corrected chi connectivity index (χ3v) is 3.94. The molecule has 0 aliphatic carbocycles. The van der Waals surface area contributed by atoms with Gasteiger partial charge in [0, 0.05) is 51.0 Å². The standard InChI is InChI=1S/C18H30N4O/c1-5-19-18(20-14-15(2)3)22-11-9-21(10-12-22)16-7-6-8-17(13-16)23-4/h6-8,13,15H,5,9-12,14H2,1-4H3,(H,19,20). The van der Waals surface area contributed by atoms with Gasteiger partial charge < -0.3 is 19.9 Å². The minimum Gasteiger partial charge on any atom is -0.497 e. The number of nitrogens with zero attached hydrogens (tertiary/aromatic N) is 3. The van der Waals surface area contributed by atoms with Crippen molar-refractivity contribution in [1.82, 2.24) is 10.2 Å². The molecule has 5 heteroatoms. The van der Waals surface area contributed by atoms with Crippen LogP contribution in [0.4, 0.5) is 5.69 Å². The van der Waals surface area contributed by atoms with E-state index in [9.17, 15) is 0 Å². The van der Waals surface area contributed by atoms with Crippen LogP contribution in [0, 0.1) is 5.92 Å². The number of anilines is 1. The number of ether oxygens (including phenoxy) is 1. The van der Waals surface area contributed by atoms with Crippen molar-refractivity contribution >= 4 is 11.6 Å². The fourth-order valence-electron chi connectivity index (χ4n) is 2.68. The number of nitrogens with one attached hydrogen (secondary N) is 1. The van der Waals surface area contributed by atoms with Gasteiger partial charge in [0.15, 0.2) is 5.96 Å². The molecule has 0 spiro atoms. The van der Waals surface area contributed by atoms with Crippen LogP contribution in [-0.4, -0.2) is 57.2 Å². The van der Waals surface area contributed by atoms with Crippen LogP contribution >= 0.6 is 0 Å². The SMILES string of the molecule is CCNC(=NCC(C)C)N1CCN(c2cccc(OC)c2)CC1. The second kappa shape index (κ2) is 8.65. The second-order valence-corrected chi connectivity index (χ2v) is 6.26. The molecule has 0 radical (unpaired) electrons. The molecule has 0 aromatic heterocycles. The van der Waals surface area contributed by atoms with Crippen molar-refractivity contribution in [1.29, 1.82) is 0 Å². The number of aliphatic imine (C=N–C) groups is 1. The van der Waals surface area contributed by atoms with E-state index < -0.39 is 0 Å². The number of benzene rings is 1. The summed E-state index contributed by atoms with van der Waals surface area (Å²) in [6.07, 6.45) is 0. The molecule has 0 atom stereocenters. The molecule has 1 aromatic rings. The lowest BCUT2D eigenvalue weighted by Crippen LogP contribution is -2.52. The fourth-order valence-corrected chi connectivity index (χ4v) is 2.68. The molecule has 1 fully saturated rings. The zero-order chi connectivity index (χ0) is 16.7. The highest BCUT2D eigenvalue weighted by Crippen LogP contribution is 2.22. The minimum atomic E-state index is 0.585. The molecule has 1 N–H and O–H groups in total. The smallest absolute Gasteiger partial charge is 0.194 e. The summed E-state index contributed by atoms with van der Waals surface area (Å²) in [7, 11) is 1.71. The van der Waals surface area contributed by atoms with Crippen LogP contribution in [0.3, 0.4) is 0 Å². The van der Waals surface area contributed by atoms with E-state index in [2.05, 4.69) is 54.1 Å². The van der Waals surface area contributed by atoms with Gasteiger partial charge in [-0.2, -0.15) is 0 Å². The molecule has 1 aliphatic rings. The highest BCUT2D eigenvalue weighted by Gasteiger charge is 2.20. The van der Waals surface area contributed by atoms with Gasteiger partial charge in [-0.05, 0) is 25.0 Å². The molecular weight excluding hydrogens is 288 g/mol. The van der Waals surface area contributed by atoms with Crippen molar-refractivity contribution in [2.75, 3.05) is 51.3 Å². The Morgan fingerprint density at radius 3 is 2.61 bits per heavy atom. The van der Waals surface area contributed by atoms with Crippen molar-refractivity contribution in [3.63, 3.8) is 0 Å². The molecule has 1 saturated heterocycles. The Morgan fingerprint density at radius 2 is 2.00 bits per heavy atom. The predicted molar refractivity (Wildman–Crippen MR) is 97.6 cm³/mol. The summed E-state index contributed by atoms with van der Waals surface area (Å²) in [5.41, 5.74) is 1.23. The molecular formula is C18H30N4O. The Balaban J connectivity index is 1.97. The lowest BCUT2D eigenvalue weighted by Gasteiger charge is -2.37.